The van der Waals surface area contributed by atoms with Gasteiger partial charge >= 0.3 is 24.2 Å². The van der Waals surface area contributed by atoms with E-state index in [1.807, 2.05) is 20.8 Å². The number of urea groups is 1. The van der Waals surface area contributed by atoms with E-state index in [-0.39, 0.29) is 19.1 Å². The molecule has 0 saturated carbocycles. The Bertz CT molecular complexity index is 962. The molecular formula is C29H50N4O8. The van der Waals surface area contributed by atoms with Crippen molar-refractivity contribution in [3.05, 3.63) is 12.7 Å². The number of carbonyl (C=O) groups is 5. The zero-order chi connectivity index (χ0) is 32.1. The fourth-order valence-electron chi connectivity index (χ4n) is 4.41. The summed E-state index contributed by atoms with van der Waals surface area (Å²) in [4.78, 5) is 70.9. The number of esters is 1. The van der Waals surface area contributed by atoms with Crippen molar-refractivity contribution in [2.45, 2.75) is 118 Å². The van der Waals surface area contributed by atoms with E-state index in [2.05, 4.69) is 11.9 Å². The minimum absolute atomic E-state index is 0.182. The molecular weight excluding hydrogens is 532 g/mol. The summed E-state index contributed by atoms with van der Waals surface area (Å²) in [5.41, 5.74) is -2.91. The van der Waals surface area contributed by atoms with Gasteiger partial charge in [-0.25, -0.2) is 19.3 Å². The fraction of sp³-hybridized carbons (Fsp3) is 0.759. The largest absolute Gasteiger partial charge is 0.460 e. The highest BCUT2D eigenvalue weighted by Crippen LogP contribution is 2.34. The summed E-state index contributed by atoms with van der Waals surface area (Å²) in [7, 11) is 0. The minimum atomic E-state index is -1.30. The van der Waals surface area contributed by atoms with Crippen LogP contribution in [0.15, 0.2) is 12.7 Å². The first kappa shape index (κ1) is 35.7. The molecule has 0 aromatic rings. The molecule has 41 heavy (non-hydrogen) atoms. The molecule has 0 spiro atoms. The Morgan fingerprint density at radius 1 is 0.902 bits per heavy atom. The van der Waals surface area contributed by atoms with Crippen molar-refractivity contribution in [3.63, 3.8) is 0 Å². The smallest absolute Gasteiger partial charge is 0.420 e. The summed E-state index contributed by atoms with van der Waals surface area (Å²) in [6, 6.07) is -2.95. The van der Waals surface area contributed by atoms with Gasteiger partial charge in [-0.1, -0.05) is 6.58 Å². The van der Waals surface area contributed by atoms with Gasteiger partial charge in [0.05, 0.1) is 18.0 Å². The first-order valence-corrected chi connectivity index (χ1v) is 14.0. The van der Waals surface area contributed by atoms with Gasteiger partial charge in [-0.15, -0.1) is 0 Å². The molecule has 0 radical (unpaired) electrons. The zero-order valence-electron chi connectivity index (χ0n) is 26.8. The van der Waals surface area contributed by atoms with Crippen LogP contribution < -0.4 is 5.32 Å². The van der Waals surface area contributed by atoms with Crippen LogP contribution in [0.2, 0.25) is 0 Å². The Hall–Kier alpha value is -3.31. The average molecular weight is 583 g/mol. The maximum atomic E-state index is 13.9. The second-order valence-electron chi connectivity index (χ2n) is 13.3. The summed E-state index contributed by atoms with van der Waals surface area (Å²) in [5, 5.41) is 2.66. The van der Waals surface area contributed by atoms with Gasteiger partial charge in [0.2, 0.25) is 5.91 Å². The Morgan fingerprint density at radius 3 is 1.73 bits per heavy atom. The summed E-state index contributed by atoms with van der Waals surface area (Å²) in [6.45, 7) is 23.9. The predicted molar refractivity (Wildman–Crippen MR) is 154 cm³/mol. The highest BCUT2D eigenvalue weighted by atomic mass is 16.6. The van der Waals surface area contributed by atoms with Crippen molar-refractivity contribution in [1.29, 1.82) is 0 Å². The van der Waals surface area contributed by atoms with E-state index in [9.17, 15) is 24.0 Å². The molecule has 1 fully saturated rings. The second-order valence-corrected chi connectivity index (χ2v) is 13.3. The van der Waals surface area contributed by atoms with Crippen LogP contribution in [0, 0.1) is 5.92 Å². The van der Waals surface area contributed by atoms with Crippen LogP contribution in [0.4, 0.5) is 14.4 Å². The number of hydrogen-bond acceptors (Lipinski definition) is 8. The molecule has 0 aromatic heterocycles. The molecule has 1 saturated heterocycles. The number of nitrogens with zero attached hydrogens (tertiary/aromatic N) is 3. The third kappa shape index (κ3) is 10.6. The number of carbonyl (C=O) groups excluding carboxylic acids is 5. The third-order valence-electron chi connectivity index (χ3n) is 5.91. The lowest BCUT2D eigenvalue weighted by atomic mass is 9.96. The molecule has 0 aromatic carbocycles. The monoisotopic (exact) mass is 582 g/mol. The van der Waals surface area contributed by atoms with Crippen LogP contribution in [0.1, 0.15) is 83.1 Å². The Balaban J connectivity index is 3.91. The first-order chi connectivity index (χ1) is 18.5. The predicted octanol–water partition coefficient (Wildman–Crippen LogP) is 4.32. The summed E-state index contributed by atoms with van der Waals surface area (Å²) in [6.07, 6.45) is -1.06. The van der Waals surface area contributed by atoms with Crippen molar-refractivity contribution >= 4 is 30.1 Å². The quantitative estimate of drug-likeness (QED) is 0.266. The SMILES string of the molecule is C=CC(=O)NC[C@H]1[C@H](N(C(=O)OC(C)(C)C)C(=O)OC(C)(C)C)[C@H](C(=O)OC(C)(C)C)CN1C(=O)N(CC)C(C)C. The number of amides is 5. The summed E-state index contributed by atoms with van der Waals surface area (Å²) >= 11 is 0. The number of ether oxygens (including phenoxy) is 3. The lowest BCUT2D eigenvalue weighted by Crippen LogP contribution is -2.60. The molecule has 0 bridgehead atoms. The first-order valence-electron chi connectivity index (χ1n) is 14.0. The van der Waals surface area contributed by atoms with Gasteiger partial charge in [-0.3, -0.25) is 9.59 Å². The highest BCUT2D eigenvalue weighted by Gasteiger charge is 2.56. The summed E-state index contributed by atoms with van der Waals surface area (Å²) in [5.74, 6) is -2.42. The molecule has 234 valence electrons. The van der Waals surface area contributed by atoms with Crippen molar-refractivity contribution in [2.75, 3.05) is 19.6 Å². The minimum Gasteiger partial charge on any atom is -0.460 e. The number of nitrogens with one attached hydrogen (secondary N) is 1. The average Bonchev–Trinajstić information content (AvgIpc) is 3.13. The van der Waals surface area contributed by atoms with Gasteiger partial charge in [0.15, 0.2) is 0 Å². The molecule has 3 atom stereocenters. The van der Waals surface area contributed by atoms with Crippen molar-refractivity contribution in [2.24, 2.45) is 5.92 Å². The maximum absolute atomic E-state index is 13.9. The van der Waals surface area contributed by atoms with Crippen LogP contribution in [-0.4, -0.2) is 99.4 Å². The molecule has 0 unspecified atom stereocenters. The molecule has 12 nitrogen and oxygen atoms in total. The second kappa shape index (κ2) is 13.6. The van der Waals surface area contributed by atoms with Crippen LogP contribution in [0.3, 0.4) is 0 Å². The van der Waals surface area contributed by atoms with Gasteiger partial charge in [0, 0.05) is 25.7 Å². The Morgan fingerprint density at radius 2 is 1.37 bits per heavy atom. The number of rotatable bonds is 7. The van der Waals surface area contributed by atoms with E-state index in [1.54, 1.807) is 67.2 Å². The van der Waals surface area contributed by atoms with Crippen molar-refractivity contribution in [1.82, 2.24) is 20.0 Å². The van der Waals surface area contributed by atoms with E-state index in [1.165, 1.54) is 4.90 Å². The molecule has 0 aliphatic carbocycles. The molecule has 1 rings (SSSR count). The van der Waals surface area contributed by atoms with Crippen LogP contribution >= 0.6 is 0 Å². The van der Waals surface area contributed by atoms with E-state index in [0.717, 1.165) is 11.0 Å². The van der Waals surface area contributed by atoms with E-state index in [0.29, 0.717) is 6.54 Å². The fourth-order valence-corrected chi connectivity index (χ4v) is 4.41. The van der Waals surface area contributed by atoms with Crippen molar-refractivity contribution < 1.29 is 38.2 Å². The van der Waals surface area contributed by atoms with Crippen LogP contribution in [0.25, 0.3) is 0 Å². The van der Waals surface area contributed by atoms with Crippen LogP contribution in [-0.2, 0) is 23.8 Å². The van der Waals surface area contributed by atoms with Gasteiger partial charge in [0.25, 0.3) is 0 Å². The maximum Gasteiger partial charge on any atom is 0.420 e. The van der Waals surface area contributed by atoms with E-state index in [4.69, 9.17) is 14.2 Å². The topological polar surface area (TPSA) is 135 Å². The Kier molecular flexibility index (Phi) is 11.8. The highest BCUT2D eigenvalue weighted by molar-refractivity contribution is 5.91. The lowest BCUT2D eigenvalue weighted by molar-refractivity contribution is -0.160. The number of hydrogen-bond donors (Lipinski definition) is 1. The number of likely N-dealkylation sites (tertiary alicyclic amines) is 1. The van der Waals surface area contributed by atoms with Gasteiger partial charge in [-0.05, 0) is 89.2 Å². The van der Waals surface area contributed by atoms with Gasteiger partial charge in [0.1, 0.15) is 16.8 Å². The van der Waals surface area contributed by atoms with Crippen molar-refractivity contribution in [3.8, 4) is 0 Å². The van der Waals surface area contributed by atoms with Gasteiger partial charge < -0.3 is 29.3 Å². The lowest BCUT2D eigenvalue weighted by Gasteiger charge is -2.38. The Labute approximate surface area is 244 Å². The molecule has 5 amide bonds. The standard InChI is InChI=1S/C29H50N4O8/c1-14-21(34)30-16-20-22(33(25(37)40-28(8,9)10)26(38)41-29(11,12)13)19(23(35)39-27(5,6)7)17-32(20)24(36)31(15-2)18(3)4/h14,18-20,22H,1,15-17H2,2-13H3,(H,30,34)/t19-,20+,22-/m1/s1. The third-order valence-corrected chi connectivity index (χ3v) is 5.91. The molecule has 1 N–H and O–H groups in total. The van der Waals surface area contributed by atoms with E-state index >= 15 is 0 Å². The normalized spacial score (nSPS) is 19.3. The van der Waals surface area contributed by atoms with E-state index < -0.39 is 64.9 Å². The molecule has 1 aliphatic heterocycles. The van der Waals surface area contributed by atoms with Crippen LogP contribution in [0.5, 0.6) is 0 Å². The molecule has 12 heteroatoms. The summed E-state index contributed by atoms with van der Waals surface area (Å²) < 4.78 is 16.9. The zero-order valence-corrected chi connectivity index (χ0v) is 26.8. The molecule has 1 aliphatic rings. The van der Waals surface area contributed by atoms with Gasteiger partial charge in [-0.2, -0.15) is 0 Å². The molecule has 1 heterocycles. The number of imide groups is 1.